The summed E-state index contributed by atoms with van der Waals surface area (Å²) in [6.07, 6.45) is 3.15. The lowest BCUT2D eigenvalue weighted by Gasteiger charge is -2.25. The molecule has 1 aliphatic rings. The largest absolute Gasteiger partial charge is 0.477 e. The van der Waals surface area contributed by atoms with Gasteiger partial charge in [0.05, 0.1) is 0 Å². The molecule has 2 rings (SSSR count). The summed E-state index contributed by atoms with van der Waals surface area (Å²) in [6.45, 7) is 1.46. The third-order valence-electron chi connectivity index (χ3n) is 2.67. The zero-order valence-electron chi connectivity index (χ0n) is 8.77. The number of aromatic nitrogens is 2. The van der Waals surface area contributed by atoms with Gasteiger partial charge in [-0.05, 0) is 19.3 Å². The molecule has 0 aromatic carbocycles. The van der Waals surface area contributed by atoms with Gasteiger partial charge in [-0.2, -0.15) is 5.10 Å². The van der Waals surface area contributed by atoms with E-state index >= 15 is 0 Å². The normalized spacial score (nSPS) is 16.1. The summed E-state index contributed by atoms with van der Waals surface area (Å²) in [4.78, 5) is 24.2. The van der Waals surface area contributed by atoms with Gasteiger partial charge in [-0.3, -0.25) is 9.89 Å². The van der Waals surface area contributed by atoms with E-state index in [9.17, 15) is 9.59 Å². The van der Waals surface area contributed by atoms with E-state index in [-0.39, 0.29) is 17.3 Å². The Balaban J connectivity index is 2.10. The Morgan fingerprint density at radius 1 is 1.31 bits per heavy atom. The molecule has 0 spiro atoms. The molecule has 6 nitrogen and oxygen atoms in total. The number of carbonyl (C=O) groups is 2. The van der Waals surface area contributed by atoms with Gasteiger partial charge in [0.1, 0.15) is 5.69 Å². The van der Waals surface area contributed by atoms with Crippen molar-refractivity contribution in [2.75, 3.05) is 13.1 Å². The summed E-state index contributed by atoms with van der Waals surface area (Å²) >= 11 is 0. The number of aromatic amines is 1. The lowest BCUT2D eigenvalue weighted by atomic mass is 10.1. The SMILES string of the molecule is O=C(O)c1cc(C(=O)N2CCCCC2)n[nH]1. The summed E-state index contributed by atoms with van der Waals surface area (Å²) in [7, 11) is 0. The van der Waals surface area contributed by atoms with E-state index in [1.165, 1.54) is 6.07 Å². The Bertz CT molecular complexity index is 407. The molecule has 1 aromatic heterocycles. The van der Waals surface area contributed by atoms with Crippen LogP contribution in [0.3, 0.4) is 0 Å². The Hall–Kier alpha value is -1.85. The van der Waals surface area contributed by atoms with Crippen LogP contribution in [0.5, 0.6) is 0 Å². The maximum absolute atomic E-state index is 11.9. The number of H-pyrrole nitrogens is 1. The first-order valence-corrected chi connectivity index (χ1v) is 5.26. The zero-order chi connectivity index (χ0) is 11.5. The van der Waals surface area contributed by atoms with Gasteiger partial charge in [0.15, 0.2) is 5.69 Å². The smallest absolute Gasteiger partial charge is 0.353 e. The van der Waals surface area contributed by atoms with Gasteiger partial charge in [0.25, 0.3) is 5.91 Å². The van der Waals surface area contributed by atoms with E-state index in [0.29, 0.717) is 0 Å². The second kappa shape index (κ2) is 4.34. The number of amides is 1. The maximum Gasteiger partial charge on any atom is 0.353 e. The summed E-state index contributed by atoms with van der Waals surface area (Å²) in [6, 6.07) is 1.28. The highest BCUT2D eigenvalue weighted by molar-refractivity contribution is 5.95. The Labute approximate surface area is 92.3 Å². The molecular formula is C10H13N3O3. The number of likely N-dealkylation sites (tertiary alicyclic amines) is 1. The van der Waals surface area contributed by atoms with Crippen LogP contribution in [0.2, 0.25) is 0 Å². The van der Waals surface area contributed by atoms with Crippen LogP contribution >= 0.6 is 0 Å². The summed E-state index contributed by atoms with van der Waals surface area (Å²) < 4.78 is 0. The molecule has 1 aliphatic heterocycles. The number of aromatic carboxylic acids is 1. The van der Waals surface area contributed by atoms with Crippen molar-refractivity contribution in [1.29, 1.82) is 0 Å². The number of rotatable bonds is 2. The van der Waals surface area contributed by atoms with Crippen LogP contribution in [-0.4, -0.2) is 45.2 Å². The van der Waals surface area contributed by atoms with Crippen LogP contribution in [-0.2, 0) is 0 Å². The van der Waals surface area contributed by atoms with Gasteiger partial charge in [-0.1, -0.05) is 0 Å². The molecule has 2 heterocycles. The number of carboxylic acid groups (broad SMARTS) is 1. The van der Waals surface area contributed by atoms with Gasteiger partial charge in [0.2, 0.25) is 0 Å². The van der Waals surface area contributed by atoms with Crippen molar-refractivity contribution < 1.29 is 14.7 Å². The first-order chi connectivity index (χ1) is 7.68. The van der Waals surface area contributed by atoms with Crippen LogP contribution in [0.25, 0.3) is 0 Å². The van der Waals surface area contributed by atoms with Crippen LogP contribution in [0.4, 0.5) is 0 Å². The summed E-state index contributed by atoms with van der Waals surface area (Å²) in [5.41, 5.74) is 0.125. The van der Waals surface area contributed by atoms with Crippen LogP contribution < -0.4 is 0 Å². The van der Waals surface area contributed by atoms with Crippen molar-refractivity contribution in [3.05, 3.63) is 17.5 Å². The molecule has 86 valence electrons. The molecule has 0 bridgehead atoms. The minimum atomic E-state index is -1.11. The number of nitrogens with one attached hydrogen (secondary N) is 1. The third kappa shape index (κ3) is 2.05. The van der Waals surface area contributed by atoms with E-state index in [4.69, 9.17) is 5.11 Å². The molecule has 2 N–H and O–H groups in total. The number of hydrogen-bond donors (Lipinski definition) is 2. The Morgan fingerprint density at radius 2 is 2.00 bits per heavy atom. The molecule has 6 heteroatoms. The number of piperidine rings is 1. The second-order valence-corrected chi connectivity index (χ2v) is 3.82. The first-order valence-electron chi connectivity index (χ1n) is 5.26. The molecule has 0 unspecified atom stereocenters. The molecule has 0 saturated carbocycles. The number of nitrogens with zero attached hydrogens (tertiary/aromatic N) is 2. The van der Waals surface area contributed by atoms with Crippen molar-refractivity contribution in [2.24, 2.45) is 0 Å². The quantitative estimate of drug-likeness (QED) is 0.774. The van der Waals surface area contributed by atoms with Crippen molar-refractivity contribution >= 4 is 11.9 Å². The standard InChI is InChI=1S/C10H13N3O3/c14-9(13-4-2-1-3-5-13)7-6-8(10(15)16)12-11-7/h6H,1-5H2,(H,11,12)(H,15,16). The monoisotopic (exact) mass is 223 g/mol. The van der Waals surface area contributed by atoms with Gasteiger partial charge < -0.3 is 10.0 Å². The van der Waals surface area contributed by atoms with E-state index in [1.807, 2.05) is 0 Å². The van der Waals surface area contributed by atoms with E-state index in [2.05, 4.69) is 10.2 Å². The lowest BCUT2D eigenvalue weighted by Crippen LogP contribution is -2.35. The van der Waals surface area contributed by atoms with Crippen LogP contribution in [0.1, 0.15) is 40.2 Å². The molecule has 1 aromatic rings. The Kier molecular flexibility index (Phi) is 2.89. The molecule has 0 atom stereocenters. The average molecular weight is 223 g/mol. The Morgan fingerprint density at radius 3 is 2.56 bits per heavy atom. The number of carbonyl (C=O) groups excluding carboxylic acids is 1. The topological polar surface area (TPSA) is 86.3 Å². The molecule has 16 heavy (non-hydrogen) atoms. The van der Waals surface area contributed by atoms with Crippen LogP contribution in [0.15, 0.2) is 6.07 Å². The highest BCUT2D eigenvalue weighted by atomic mass is 16.4. The maximum atomic E-state index is 11.9. The van der Waals surface area contributed by atoms with E-state index in [0.717, 1.165) is 32.4 Å². The van der Waals surface area contributed by atoms with Crippen LogP contribution in [0, 0.1) is 0 Å². The van der Waals surface area contributed by atoms with E-state index in [1.54, 1.807) is 4.90 Å². The zero-order valence-corrected chi connectivity index (χ0v) is 8.77. The van der Waals surface area contributed by atoms with Crippen molar-refractivity contribution in [1.82, 2.24) is 15.1 Å². The molecule has 0 radical (unpaired) electrons. The fourth-order valence-corrected chi connectivity index (χ4v) is 1.80. The van der Waals surface area contributed by atoms with E-state index < -0.39 is 5.97 Å². The van der Waals surface area contributed by atoms with Gasteiger partial charge in [-0.25, -0.2) is 4.79 Å². The minimum absolute atomic E-state index is 0.0552. The third-order valence-corrected chi connectivity index (χ3v) is 2.67. The van der Waals surface area contributed by atoms with Crippen molar-refractivity contribution in [3.8, 4) is 0 Å². The predicted octanol–water partition coefficient (Wildman–Crippen LogP) is 0.734. The van der Waals surface area contributed by atoms with Gasteiger partial charge >= 0.3 is 5.97 Å². The van der Waals surface area contributed by atoms with Crippen molar-refractivity contribution in [2.45, 2.75) is 19.3 Å². The molecule has 1 fully saturated rings. The lowest BCUT2D eigenvalue weighted by molar-refractivity contribution is 0.0689. The fourth-order valence-electron chi connectivity index (χ4n) is 1.80. The fraction of sp³-hybridized carbons (Fsp3) is 0.500. The summed E-state index contributed by atoms with van der Waals surface area (Å²) in [5, 5.41) is 14.7. The highest BCUT2D eigenvalue weighted by Crippen LogP contribution is 2.12. The average Bonchev–Trinajstić information content (AvgIpc) is 2.78. The second-order valence-electron chi connectivity index (χ2n) is 3.82. The molecule has 0 aliphatic carbocycles. The molecule has 1 saturated heterocycles. The first kappa shape index (κ1) is 10.7. The summed E-state index contributed by atoms with van der Waals surface area (Å²) in [5.74, 6) is -1.30. The number of carboxylic acids is 1. The molecule has 1 amide bonds. The number of hydrogen-bond acceptors (Lipinski definition) is 3. The van der Waals surface area contributed by atoms with Gasteiger partial charge in [-0.15, -0.1) is 0 Å². The molecular weight excluding hydrogens is 210 g/mol. The highest BCUT2D eigenvalue weighted by Gasteiger charge is 2.21. The minimum Gasteiger partial charge on any atom is -0.477 e. The van der Waals surface area contributed by atoms with Gasteiger partial charge in [0, 0.05) is 19.2 Å². The van der Waals surface area contributed by atoms with Crippen molar-refractivity contribution in [3.63, 3.8) is 0 Å². The predicted molar refractivity (Wildman–Crippen MR) is 55.3 cm³/mol.